The number of ether oxygens (including phenoxy) is 2. The number of likely N-dealkylation sites (tertiary alicyclic amines) is 1. The van der Waals surface area contributed by atoms with Gasteiger partial charge in [-0.25, -0.2) is 14.0 Å². The normalized spacial score (nSPS) is 15.4. The molecule has 4 heterocycles. The highest BCUT2D eigenvalue weighted by Crippen LogP contribution is 2.35. The molecule has 1 fully saturated rings. The summed E-state index contributed by atoms with van der Waals surface area (Å²) < 4.78 is 16.2. The van der Waals surface area contributed by atoms with E-state index in [4.69, 9.17) is 9.47 Å². The molecule has 3 aromatic heterocycles. The van der Waals surface area contributed by atoms with Crippen LogP contribution >= 0.6 is 11.3 Å². The van der Waals surface area contributed by atoms with E-state index in [1.807, 2.05) is 38.1 Å². The summed E-state index contributed by atoms with van der Waals surface area (Å²) >= 11 is 1.29. The number of methoxy groups -OCH3 is 1. The maximum Gasteiger partial charge on any atom is 0.333 e. The largest absolute Gasteiger partial charge is 0.496 e. The first-order valence-electron chi connectivity index (χ1n) is 14.5. The van der Waals surface area contributed by atoms with Gasteiger partial charge in [-0.1, -0.05) is 36.5 Å². The van der Waals surface area contributed by atoms with Crippen molar-refractivity contribution in [1.82, 2.24) is 23.8 Å². The molecule has 2 atom stereocenters. The second-order valence-electron chi connectivity index (χ2n) is 10.8. The minimum atomic E-state index is -1.39. The first-order valence-corrected chi connectivity index (χ1v) is 15.3. The summed E-state index contributed by atoms with van der Waals surface area (Å²) in [6.45, 7) is 6.71. The van der Waals surface area contributed by atoms with E-state index in [9.17, 15) is 19.6 Å². The van der Waals surface area contributed by atoms with Gasteiger partial charge in [0.1, 0.15) is 27.2 Å². The number of thiophene rings is 1. The molecule has 0 saturated carbocycles. The summed E-state index contributed by atoms with van der Waals surface area (Å²) in [7, 11) is 1.56. The number of carbonyl (C=O) groups excluding carboxylic acids is 1. The van der Waals surface area contributed by atoms with Crippen LogP contribution in [0.15, 0.2) is 52.3 Å². The lowest BCUT2D eigenvalue weighted by atomic mass is 9.96. The maximum atomic E-state index is 14.6. The molecule has 1 aromatic carbocycles. The Bertz CT molecular complexity index is 1780. The molecule has 1 saturated heterocycles. The Morgan fingerprint density at radius 1 is 1.21 bits per heavy atom. The van der Waals surface area contributed by atoms with Crippen molar-refractivity contribution in [3.05, 3.63) is 74.7 Å². The predicted molar refractivity (Wildman–Crippen MR) is 164 cm³/mol. The van der Waals surface area contributed by atoms with Gasteiger partial charge in [0, 0.05) is 36.6 Å². The molecule has 0 spiro atoms. The maximum absolute atomic E-state index is 14.6. The fourth-order valence-corrected chi connectivity index (χ4v) is 7.04. The van der Waals surface area contributed by atoms with Crippen LogP contribution in [-0.4, -0.2) is 56.5 Å². The fourth-order valence-electron chi connectivity index (χ4n) is 5.79. The van der Waals surface area contributed by atoms with Crippen molar-refractivity contribution in [2.45, 2.75) is 64.6 Å². The number of carbonyl (C=O) groups is 1. The molecule has 1 amide bonds. The third kappa shape index (κ3) is 5.39. The van der Waals surface area contributed by atoms with Gasteiger partial charge in [0.2, 0.25) is 5.91 Å². The van der Waals surface area contributed by atoms with Crippen molar-refractivity contribution >= 4 is 27.5 Å². The van der Waals surface area contributed by atoms with Crippen LogP contribution in [0.2, 0.25) is 0 Å². The van der Waals surface area contributed by atoms with Gasteiger partial charge in [0.25, 0.3) is 5.56 Å². The summed E-state index contributed by atoms with van der Waals surface area (Å²) in [5.41, 5.74) is -1.11. The molecule has 5 rings (SSSR count). The quantitative estimate of drug-likeness (QED) is 0.236. The van der Waals surface area contributed by atoms with Crippen molar-refractivity contribution < 1.29 is 14.3 Å². The molecule has 43 heavy (non-hydrogen) atoms. The average Bonchev–Trinajstić information content (AvgIpc) is 3.80. The average molecular weight is 605 g/mol. The first kappa shape index (κ1) is 30.3. The number of aryl methyl sites for hydroxylation is 1. The molecule has 0 N–H and O–H groups in total. The Hall–Kier alpha value is -4.21. The number of para-hydroxylation sites is 1. The first-order chi connectivity index (χ1) is 20.8. The smallest absolute Gasteiger partial charge is 0.333 e. The molecule has 4 aromatic rings. The van der Waals surface area contributed by atoms with E-state index in [0.29, 0.717) is 45.2 Å². The van der Waals surface area contributed by atoms with Crippen LogP contribution in [0.3, 0.4) is 0 Å². The molecule has 226 valence electrons. The number of fused-ring (bicyclic) bond motifs is 1. The number of rotatable bonds is 11. The van der Waals surface area contributed by atoms with Crippen LogP contribution in [0.25, 0.3) is 15.2 Å². The second-order valence-corrected chi connectivity index (χ2v) is 11.8. The molecule has 1 unspecified atom stereocenters. The van der Waals surface area contributed by atoms with E-state index < -0.39 is 22.9 Å². The molecular weight excluding hydrogens is 568 g/mol. The van der Waals surface area contributed by atoms with Crippen molar-refractivity contribution in [3.8, 4) is 16.8 Å². The lowest BCUT2D eigenvalue weighted by molar-refractivity contribution is -0.139. The number of nitriles is 1. The molecule has 12 heteroatoms. The van der Waals surface area contributed by atoms with Gasteiger partial charge in [-0.05, 0) is 45.2 Å². The Morgan fingerprint density at radius 3 is 2.60 bits per heavy atom. The summed E-state index contributed by atoms with van der Waals surface area (Å²) in [4.78, 5) is 45.1. The van der Waals surface area contributed by atoms with Crippen LogP contribution in [0, 0.1) is 18.3 Å². The van der Waals surface area contributed by atoms with Crippen molar-refractivity contribution in [2.24, 2.45) is 0 Å². The monoisotopic (exact) mass is 604 g/mol. The fraction of sp³-hybridized carbons (Fsp3) is 0.452. The highest BCUT2D eigenvalue weighted by Gasteiger charge is 2.41. The van der Waals surface area contributed by atoms with Crippen LogP contribution in [-0.2, 0) is 21.6 Å². The Labute approximate surface area is 253 Å². The van der Waals surface area contributed by atoms with Gasteiger partial charge in [-0.2, -0.15) is 10.4 Å². The van der Waals surface area contributed by atoms with E-state index in [1.54, 1.807) is 42.1 Å². The number of aromatic nitrogens is 4. The highest BCUT2D eigenvalue weighted by atomic mass is 32.1. The number of amides is 1. The third-order valence-corrected chi connectivity index (χ3v) is 9.61. The van der Waals surface area contributed by atoms with Gasteiger partial charge in [-0.3, -0.25) is 14.2 Å². The SMILES string of the molecule is CCC(C)(C(=O)N1CCCC1)n1c(=O)c2c(C)c(-n3cccn3)sc2n(C[C@H](OCCC#N)c2ccccc2OC)c1=O. The number of nitrogens with zero attached hydrogens (tertiary/aromatic N) is 6. The van der Waals surface area contributed by atoms with E-state index in [0.717, 1.165) is 17.4 Å². The molecule has 0 aliphatic carbocycles. The van der Waals surface area contributed by atoms with Crippen molar-refractivity contribution in [3.63, 3.8) is 0 Å². The number of benzene rings is 1. The molecular formula is C31H36N6O5S. The van der Waals surface area contributed by atoms with Crippen molar-refractivity contribution in [1.29, 1.82) is 5.26 Å². The van der Waals surface area contributed by atoms with Crippen molar-refractivity contribution in [2.75, 3.05) is 26.8 Å². The minimum Gasteiger partial charge on any atom is -0.496 e. The predicted octanol–water partition coefficient (Wildman–Crippen LogP) is 4.15. The topological polar surface area (TPSA) is 124 Å². The number of hydrogen-bond donors (Lipinski definition) is 0. The number of hydrogen-bond acceptors (Lipinski definition) is 8. The van der Waals surface area contributed by atoms with Crippen LogP contribution in [0.1, 0.15) is 56.8 Å². The van der Waals surface area contributed by atoms with Crippen LogP contribution in [0.4, 0.5) is 0 Å². The van der Waals surface area contributed by atoms with E-state index in [2.05, 4.69) is 11.2 Å². The zero-order valence-corrected chi connectivity index (χ0v) is 25.7. The minimum absolute atomic E-state index is 0.0254. The van der Waals surface area contributed by atoms with Crippen LogP contribution < -0.4 is 16.0 Å². The zero-order chi connectivity index (χ0) is 30.7. The van der Waals surface area contributed by atoms with Crippen LogP contribution in [0.5, 0.6) is 5.75 Å². The summed E-state index contributed by atoms with van der Waals surface area (Å²) in [5.74, 6) is 0.341. The zero-order valence-electron chi connectivity index (χ0n) is 24.9. The molecule has 0 radical (unpaired) electrons. The van der Waals surface area contributed by atoms with E-state index in [-0.39, 0.29) is 31.9 Å². The third-order valence-electron chi connectivity index (χ3n) is 8.30. The van der Waals surface area contributed by atoms with E-state index in [1.165, 1.54) is 15.9 Å². The Balaban J connectivity index is 1.78. The van der Waals surface area contributed by atoms with Gasteiger partial charge < -0.3 is 14.4 Å². The molecule has 11 nitrogen and oxygen atoms in total. The van der Waals surface area contributed by atoms with Gasteiger partial charge >= 0.3 is 5.69 Å². The van der Waals surface area contributed by atoms with Gasteiger partial charge in [-0.15, -0.1) is 0 Å². The second kappa shape index (κ2) is 12.6. The standard InChI is InChI=1S/C31H36N6O5S/c1-5-31(3,29(39)34-16-8-9-17-34)37-26(38)25-21(2)27(36-18-11-15-33-36)43-28(25)35(30(37)40)20-24(42-19-10-14-32)22-12-6-7-13-23(22)41-4/h6-7,11-13,15,18,24H,5,8-10,16-17,19-20H2,1-4H3/t24-,31?/m0/s1. The lowest BCUT2D eigenvalue weighted by Crippen LogP contribution is -2.57. The summed E-state index contributed by atoms with van der Waals surface area (Å²) in [6, 6.07) is 11.2. The Kier molecular flexibility index (Phi) is 8.84. The Morgan fingerprint density at radius 2 is 1.95 bits per heavy atom. The molecule has 0 bridgehead atoms. The lowest BCUT2D eigenvalue weighted by Gasteiger charge is -2.33. The van der Waals surface area contributed by atoms with E-state index >= 15 is 0 Å². The van der Waals surface area contributed by atoms with Gasteiger partial charge in [0.05, 0.1) is 38.1 Å². The highest BCUT2D eigenvalue weighted by molar-refractivity contribution is 7.21. The summed E-state index contributed by atoms with van der Waals surface area (Å²) in [6.07, 6.45) is 4.95. The van der Waals surface area contributed by atoms with Gasteiger partial charge in [0.15, 0.2) is 0 Å². The summed E-state index contributed by atoms with van der Waals surface area (Å²) in [5, 5.41) is 14.6. The molecule has 1 aliphatic rings. The molecule has 1 aliphatic heterocycles.